The fraction of sp³-hybridized carbons (Fsp3) is 0.208. The Balaban J connectivity index is 1.33. The van der Waals surface area contributed by atoms with Crippen LogP contribution in [0.4, 0.5) is 0 Å². The Morgan fingerprint density at radius 2 is 0.792 bits per heavy atom. The van der Waals surface area contributed by atoms with Gasteiger partial charge in [-0.25, -0.2) is 0 Å². The molecule has 2 aliphatic carbocycles. The Hall–Kier alpha value is -5.46. The van der Waals surface area contributed by atoms with Crippen LogP contribution in [-0.2, 0) is 16.2 Å². The third-order valence-electron chi connectivity index (χ3n) is 12.5. The Morgan fingerprint density at radius 1 is 0.340 bits per heavy atom. The standard InChI is InChI=1S/C53H46/c1-51(2,3)31-24-25-43-45(29-31)53(7,8)46-30-32(52(4,5)6)28-44(50(43)46)49-38-20-13-11-18-36(38)48(37-19-12-14-21-39(37)49)42-27-26-41-34-17-10-9-16-33(34)35-22-15-23-40(42)47(35)41/h9-30H,1-8H3. The van der Waals surface area contributed by atoms with Gasteiger partial charge in [-0.2, -0.15) is 0 Å². The van der Waals surface area contributed by atoms with Gasteiger partial charge in [0.2, 0.25) is 0 Å². The maximum atomic E-state index is 2.53. The summed E-state index contributed by atoms with van der Waals surface area (Å²) in [7, 11) is 0. The first kappa shape index (κ1) is 32.2. The van der Waals surface area contributed by atoms with Crippen molar-refractivity contribution in [1.82, 2.24) is 0 Å². The van der Waals surface area contributed by atoms with Crippen LogP contribution in [0.15, 0.2) is 133 Å². The highest BCUT2D eigenvalue weighted by Gasteiger charge is 2.39. The zero-order valence-corrected chi connectivity index (χ0v) is 32.2. The van der Waals surface area contributed by atoms with Crippen molar-refractivity contribution in [2.45, 2.75) is 71.6 Å². The Morgan fingerprint density at radius 3 is 1.38 bits per heavy atom. The van der Waals surface area contributed by atoms with E-state index in [0.29, 0.717) is 0 Å². The predicted molar refractivity (Wildman–Crippen MR) is 229 cm³/mol. The number of hydrogen-bond acceptors (Lipinski definition) is 0. The van der Waals surface area contributed by atoms with Gasteiger partial charge in [-0.15, -0.1) is 0 Å². The highest BCUT2D eigenvalue weighted by molar-refractivity contribution is 6.27. The van der Waals surface area contributed by atoms with Crippen LogP contribution < -0.4 is 0 Å². The van der Waals surface area contributed by atoms with Gasteiger partial charge < -0.3 is 0 Å². The zero-order valence-electron chi connectivity index (χ0n) is 32.2. The molecule has 0 aliphatic heterocycles. The van der Waals surface area contributed by atoms with E-state index < -0.39 is 0 Å². The molecule has 0 bridgehead atoms. The molecule has 0 heterocycles. The maximum Gasteiger partial charge on any atom is 0.0159 e. The van der Waals surface area contributed by atoms with Gasteiger partial charge in [0.1, 0.15) is 0 Å². The molecule has 0 fully saturated rings. The lowest BCUT2D eigenvalue weighted by Gasteiger charge is -2.28. The van der Waals surface area contributed by atoms with Crippen LogP contribution in [0.2, 0.25) is 0 Å². The van der Waals surface area contributed by atoms with Crippen molar-refractivity contribution in [3.05, 3.63) is 156 Å². The fourth-order valence-corrected chi connectivity index (χ4v) is 9.68. The van der Waals surface area contributed by atoms with E-state index in [9.17, 15) is 0 Å². The zero-order chi connectivity index (χ0) is 36.6. The van der Waals surface area contributed by atoms with Gasteiger partial charge in [0.05, 0.1) is 0 Å². The van der Waals surface area contributed by atoms with Crippen molar-refractivity contribution in [2.24, 2.45) is 0 Å². The van der Waals surface area contributed by atoms with Crippen molar-refractivity contribution in [2.75, 3.05) is 0 Å². The molecule has 0 radical (unpaired) electrons. The van der Waals surface area contributed by atoms with Gasteiger partial charge in [0.15, 0.2) is 0 Å². The van der Waals surface area contributed by atoms with E-state index in [1.807, 2.05) is 0 Å². The van der Waals surface area contributed by atoms with Crippen LogP contribution >= 0.6 is 0 Å². The van der Waals surface area contributed by atoms with Gasteiger partial charge in [0.25, 0.3) is 0 Å². The normalized spacial score (nSPS) is 14.2. The second kappa shape index (κ2) is 10.8. The first-order chi connectivity index (χ1) is 25.3. The lowest BCUT2D eigenvalue weighted by Crippen LogP contribution is -2.19. The lowest BCUT2D eigenvalue weighted by molar-refractivity contribution is 0.580. The summed E-state index contributed by atoms with van der Waals surface area (Å²) in [5.41, 5.74) is 19.0. The summed E-state index contributed by atoms with van der Waals surface area (Å²) in [5.74, 6) is 0. The highest BCUT2D eigenvalue weighted by Crippen LogP contribution is 2.57. The minimum atomic E-state index is -0.129. The van der Waals surface area contributed by atoms with E-state index in [1.165, 1.54) is 110 Å². The molecule has 0 saturated carbocycles. The molecule has 53 heavy (non-hydrogen) atoms. The van der Waals surface area contributed by atoms with E-state index in [4.69, 9.17) is 0 Å². The van der Waals surface area contributed by atoms with Gasteiger partial charge in [-0.05, 0) is 127 Å². The van der Waals surface area contributed by atoms with Crippen LogP contribution in [0.1, 0.15) is 77.6 Å². The molecule has 0 spiro atoms. The molecule has 0 atom stereocenters. The van der Waals surface area contributed by atoms with Gasteiger partial charge >= 0.3 is 0 Å². The van der Waals surface area contributed by atoms with Crippen LogP contribution in [-0.4, -0.2) is 0 Å². The molecule has 258 valence electrons. The van der Waals surface area contributed by atoms with E-state index in [2.05, 4.69) is 189 Å². The second-order valence-electron chi connectivity index (χ2n) is 18.1. The smallest absolute Gasteiger partial charge is 0.0159 e. The van der Waals surface area contributed by atoms with Crippen molar-refractivity contribution >= 4 is 32.3 Å². The van der Waals surface area contributed by atoms with Gasteiger partial charge in [0, 0.05) is 5.41 Å². The summed E-state index contributed by atoms with van der Waals surface area (Å²) < 4.78 is 0. The van der Waals surface area contributed by atoms with Crippen molar-refractivity contribution in [3.8, 4) is 55.6 Å². The van der Waals surface area contributed by atoms with Crippen molar-refractivity contribution in [3.63, 3.8) is 0 Å². The molecule has 0 saturated heterocycles. The Bertz CT molecular complexity index is 2780. The van der Waals surface area contributed by atoms with Crippen molar-refractivity contribution in [1.29, 1.82) is 0 Å². The molecule has 0 heteroatoms. The number of benzene rings is 8. The average Bonchev–Trinajstić information content (AvgIpc) is 3.59. The molecule has 0 aromatic heterocycles. The largest absolute Gasteiger partial charge is 0.0616 e. The summed E-state index contributed by atoms with van der Waals surface area (Å²) in [5, 5.41) is 7.89. The first-order valence-corrected chi connectivity index (χ1v) is 19.3. The molecule has 2 aliphatic rings. The maximum absolute atomic E-state index is 2.53. The van der Waals surface area contributed by atoms with Gasteiger partial charge in [-0.3, -0.25) is 0 Å². The summed E-state index contributed by atoms with van der Waals surface area (Å²) in [4.78, 5) is 0. The van der Waals surface area contributed by atoms with Crippen LogP contribution in [0, 0.1) is 0 Å². The summed E-state index contributed by atoms with van der Waals surface area (Å²) in [6, 6.07) is 51.3. The van der Waals surface area contributed by atoms with Crippen LogP contribution in [0.5, 0.6) is 0 Å². The minimum absolute atomic E-state index is 0.0149. The Kier molecular flexibility index (Phi) is 6.56. The van der Waals surface area contributed by atoms with Crippen LogP contribution in [0.3, 0.4) is 0 Å². The molecular formula is C53H46. The Labute approximate surface area is 314 Å². The number of rotatable bonds is 2. The average molecular weight is 683 g/mol. The molecule has 0 N–H and O–H groups in total. The molecule has 10 rings (SSSR count). The molecule has 0 nitrogen and oxygen atoms in total. The third kappa shape index (κ3) is 4.48. The van der Waals surface area contributed by atoms with Gasteiger partial charge in [-0.1, -0.05) is 183 Å². The minimum Gasteiger partial charge on any atom is -0.0616 e. The first-order valence-electron chi connectivity index (χ1n) is 19.3. The van der Waals surface area contributed by atoms with Crippen LogP contribution in [0.25, 0.3) is 88.0 Å². The molecular weight excluding hydrogens is 637 g/mol. The van der Waals surface area contributed by atoms with E-state index in [1.54, 1.807) is 0 Å². The molecule has 0 unspecified atom stereocenters. The summed E-state index contributed by atoms with van der Waals surface area (Å²) in [6.45, 7) is 18.9. The predicted octanol–water partition coefficient (Wildman–Crippen LogP) is 15.0. The highest BCUT2D eigenvalue weighted by atomic mass is 14.4. The topological polar surface area (TPSA) is 0 Å². The quantitative estimate of drug-likeness (QED) is 0.159. The summed E-state index contributed by atoms with van der Waals surface area (Å²) in [6.07, 6.45) is 0. The number of fused-ring (bicyclic) bond motifs is 8. The molecule has 0 amide bonds. The molecule has 8 aromatic rings. The monoisotopic (exact) mass is 682 g/mol. The van der Waals surface area contributed by atoms with E-state index in [0.717, 1.165) is 0 Å². The number of hydrogen-bond donors (Lipinski definition) is 0. The van der Waals surface area contributed by atoms with E-state index in [-0.39, 0.29) is 16.2 Å². The summed E-state index contributed by atoms with van der Waals surface area (Å²) >= 11 is 0. The van der Waals surface area contributed by atoms with E-state index >= 15 is 0 Å². The third-order valence-corrected chi connectivity index (χ3v) is 12.5. The SMILES string of the molecule is CC(C)(C)c1ccc2c(c1)C(C)(C)c1cc(C(C)(C)C)cc(-c3c4ccccc4c(-c4ccc5c6c(cccc46)-c4ccccc4-5)c4ccccc34)c1-2. The molecule has 8 aromatic carbocycles. The lowest BCUT2D eigenvalue weighted by atomic mass is 9.76. The fourth-order valence-electron chi connectivity index (χ4n) is 9.68. The van der Waals surface area contributed by atoms with Crippen molar-refractivity contribution < 1.29 is 0 Å². The second-order valence-corrected chi connectivity index (χ2v) is 18.1.